The average molecular weight is 272 g/mol. The third-order valence-corrected chi connectivity index (χ3v) is 4.22. The van der Waals surface area contributed by atoms with Crippen LogP contribution in [0, 0.1) is 5.92 Å². The van der Waals surface area contributed by atoms with Crippen molar-refractivity contribution < 1.29 is 53.7 Å². The van der Waals surface area contributed by atoms with E-state index in [0.29, 0.717) is 6.42 Å². The summed E-state index contributed by atoms with van der Waals surface area (Å²) in [5.74, 6) is -2.39. The number of aliphatic carboxylic acids is 1. The molecule has 0 saturated carbocycles. The largest absolute Gasteiger partial charge is 1.00 e. The van der Waals surface area contributed by atoms with Crippen LogP contribution in [0.1, 0.15) is 39.5 Å². The molecule has 0 amide bonds. The van der Waals surface area contributed by atoms with Crippen LogP contribution in [-0.2, 0) is 14.2 Å². The molecular formula is C10H18NaO5P. The van der Waals surface area contributed by atoms with Gasteiger partial charge in [0.2, 0.25) is 5.52 Å². The van der Waals surface area contributed by atoms with Gasteiger partial charge >= 0.3 is 29.6 Å². The standard InChI is InChI=1S/C10H19O5P.Na/c1-3-4-5-6-16(14,15)9(11)7-8(2)10(12)13;/h8H,3-7H2,1-2H3,(H,12,13)(H,14,15);/q;+1/p-1. The quantitative estimate of drug-likeness (QED) is 0.306. The van der Waals surface area contributed by atoms with E-state index in [1.165, 1.54) is 6.92 Å². The molecule has 0 spiro atoms. The molecule has 94 valence electrons. The Morgan fingerprint density at radius 3 is 2.29 bits per heavy atom. The Bertz CT molecular complexity index is 305. The van der Waals surface area contributed by atoms with Crippen molar-refractivity contribution in [1.82, 2.24) is 0 Å². The molecule has 0 radical (unpaired) electrons. The second kappa shape index (κ2) is 9.29. The molecule has 0 fully saturated rings. The predicted molar refractivity (Wildman–Crippen MR) is 58.0 cm³/mol. The van der Waals surface area contributed by atoms with Gasteiger partial charge in [-0.1, -0.05) is 26.7 Å². The van der Waals surface area contributed by atoms with Crippen LogP contribution in [0.2, 0.25) is 0 Å². The summed E-state index contributed by atoms with van der Waals surface area (Å²) in [5, 5.41) is 10.4. The van der Waals surface area contributed by atoms with E-state index < -0.39 is 31.2 Å². The molecule has 2 unspecified atom stereocenters. The Morgan fingerprint density at radius 1 is 1.35 bits per heavy atom. The number of hydrogen-bond acceptors (Lipinski definition) is 4. The van der Waals surface area contributed by atoms with Gasteiger partial charge in [-0.15, -0.1) is 0 Å². The molecule has 0 aromatic heterocycles. The van der Waals surface area contributed by atoms with Gasteiger partial charge in [0.05, 0.1) is 0 Å². The van der Waals surface area contributed by atoms with Crippen molar-refractivity contribution in [3.63, 3.8) is 0 Å². The average Bonchev–Trinajstić information content (AvgIpc) is 2.17. The minimum absolute atomic E-state index is 0. The maximum Gasteiger partial charge on any atom is 1.00 e. The molecule has 0 aliphatic carbocycles. The van der Waals surface area contributed by atoms with E-state index >= 15 is 0 Å². The second-order valence-electron chi connectivity index (χ2n) is 3.95. The van der Waals surface area contributed by atoms with Crippen LogP contribution in [0.3, 0.4) is 0 Å². The number of rotatable bonds is 8. The SMILES string of the molecule is CCCCCP(=O)(O)C(=O)CC(C)C(=O)[O-].[Na+]. The van der Waals surface area contributed by atoms with Crippen molar-refractivity contribution >= 4 is 18.9 Å². The number of carbonyl (C=O) groups is 2. The maximum absolute atomic E-state index is 11.5. The minimum atomic E-state index is -3.84. The molecular weight excluding hydrogens is 254 g/mol. The van der Waals surface area contributed by atoms with Crippen molar-refractivity contribution in [3.8, 4) is 0 Å². The minimum Gasteiger partial charge on any atom is -0.550 e. The van der Waals surface area contributed by atoms with E-state index in [9.17, 15) is 24.2 Å². The first-order valence-corrected chi connectivity index (χ1v) is 7.21. The Balaban J connectivity index is 0. The zero-order chi connectivity index (χ0) is 12.8. The normalized spacial score (nSPS) is 15.5. The molecule has 7 heteroatoms. The molecule has 0 saturated heterocycles. The van der Waals surface area contributed by atoms with E-state index in [2.05, 4.69) is 0 Å². The van der Waals surface area contributed by atoms with E-state index in [4.69, 9.17) is 0 Å². The fourth-order valence-corrected chi connectivity index (χ4v) is 2.65. The third-order valence-electron chi connectivity index (χ3n) is 2.34. The van der Waals surface area contributed by atoms with Crippen molar-refractivity contribution in [2.75, 3.05) is 6.16 Å². The number of carbonyl (C=O) groups excluding carboxylic acids is 2. The zero-order valence-corrected chi connectivity index (χ0v) is 13.5. The number of unbranched alkanes of at least 4 members (excludes halogenated alkanes) is 2. The molecule has 0 aromatic carbocycles. The summed E-state index contributed by atoms with van der Waals surface area (Å²) in [6.45, 7) is 3.24. The van der Waals surface area contributed by atoms with E-state index in [1.807, 2.05) is 6.92 Å². The number of carboxylic acids is 1. The summed E-state index contributed by atoms with van der Waals surface area (Å²) in [6, 6.07) is 0. The first kappa shape index (κ1) is 19.7. The summed E-state index contributed by atoms with van der Waals surface area (Å²) >= 11 is 0. The molecule has 0 aliphatic rings. The predicted octanol–water partition coefficient (Wildman–Crippen LogP) is -2.25. The van der Waals surface area contributed by atoms with Crippen LogP contribution >= 0.6 is 7.37 Å². The summed E-state index contributed by atoms with van der Waals surface area (Å²) < 4.78 is 11.5. The maximum atomic E-state index is 11.5. The summed E-state index contributed by atoms with van der Waals surface area (Å²) in [5.41, 5.74) is -0.861. The molecule has 1 N–H and O–H groups in total. The fourth-order valence-electron chi connectivity index (χ4n) is 1.19. The van der Waals surface area contributed by atoms with Gasteiger partial charge in [0.25, 0.3) is 7.37 Å². The van der Waals surface area contributed by atoms with Crippen molar-refractivity contribution in [2.24, 2.45) is 5.92 Å². The molecule has 0 bridgehead atoms. The molecule has 0 aliphatic heterocycles. The molecule has 17 heavy (non-hydrogen) atoms. The van der Waals surface area contributed by atoms with Crippen molar-refractivity contribution in [3.05, 3.63) is 0 Å². The molecule has 2 atom stereocenters. The monoisotopic (exact) mass is 272 g/mol. The van der Waals surface area contributed by atoms with Crippen LogP contribution in [-0.4, -0.2) is 22.5 Å². The van der Waals surface area contributed by atoms with Gasteiger partial charge in [-0.05, 0) is 6.42 Å². The Hall–Kier alpha value is 0.330. The summed E-state index contributed by atoms with van der Waals surface area (Å²) in [7, 11) is -3.84. The van der Waals surface area contributed by atoms with Gasteiger partial charge in [-0.25, -0.2) is 0 Å². The molecule has 0 heterocycles. The van der Waals surface area contributed by atoms with E-state index in [1.54, 1.807) is 0 Å². The topological polar surface area (TPSA) is 94.5 Å². The molecule has 0 rings (SSSR count). The van der Waals surface area contributed by atoms with Gasteiger partial charge < -0.3 is 14.8 Å². The summed E-state index contributed by atoms with van der Waals surface area (Å²) in [6.07, 6.45) is 1.70. The van der Waals surface area contributed by atoms with E-state index in [-0.39, 0.29) is 35.7 Å². The van der Waals surface area contributed by atoms with Crippen LogP contribution in [0.15, 0.2) is 0 Å². The Labute approximate surface area is 124 Å². The zero-order valence-electron chi connectivity index (χ0n) is 10.6. The Morgan fingerprint density at radius 2 is 1.88 bits per heavy atom. The first-order valence-electron chi connectivity index (χ1n) is 5.37. The number of hydrogen-bond donors (Lipinski definition) is 1. The van der Waals surface area contributed by atoms with Gasteiger partial charge in [0.1, 0.15) is 0 Å². The first-order chi connectivity index (χ1) is 7.31. The molecule has 0 aromatic rings. The van der Waals surface area contributed by atoms with Gasteiger partial charge in [0, 0.05) is 24.5 Å². The van der Waals surface area contributed by atoms with Gasteiger partial charge in [-0.2, -0.15) is 0 Å². The third kappa shape index (κ3) is 8.11. The van der Waals surface area contributed by atoms with Crippen LogP contribution in [0.5, 0.6) is 0 Å². The van der Waals surface area contributed by atoms with Crippen molar-refractivity contribution in [1.29, 1.82) is 0 Å². The summed E-state index contributed by atoms with van der Waals surface area (Å²) in [4.78, 5) is 31.2. The molecule has 5 nitrogen and oxygen atoms in total. The Kier molecular flexibility index (Phi) is 10.7. The van der Waals surface area contributed by atoms with Gasteiger partial charge in [0.15, 0.2) is 0 Å². The number of carboxylic acid groups (broad SMARTS) is 1. The van der Waals surface area contributed by atoms with Gasteiger partial charge in [-0.3, -0.25) is 9.36 Å². The van der Waals surface area contributed by atoms with Crippen LogP contribution in [0.4, 0.5) is 0 Å². The van der Waals surface area contributed by atoms with Crippen molar-refractivity contribution in [2.45, 2.75) is 39.5 Å². The smallest absolute Gasteiger partial charge is 0.550 e. The van der Waals surface area contributed by atoms with E-state index in [0.717, 1.165) is 12.8 Å². The fraction of sp³-hybridized carbons (Fsp3) is 0.800. The second-order valence-corrected chi connectivity index (χ2v) is 6.30. The van der Waals surface area contributed by atoms with Crippen LogP contribution < -0.4 is 34.7 Å². The van der Waals surface area contributed by atoms with Crippen LogP contribution in [0.25, 0.3) is 0 Å².